The van der Waals surface area contributed by atoms with Gasteiger partial charge in [-0.1, -0.05) is 12.1 Å². The monoisotopic (exact) mass is 564 g/mol. The van der Waals surface area contributed by atoms with E-state index in [0.717, 1.165) is 0 Å². The Balaban J connectivity index is 2.20. The SMILES string of the molecule is CSCCC(N)C(=O)NC(CC(=O)O)C(=O)NC(Cc1cnc[nH]1)C(=O)NC(Cc1ccc(O)cc1)C(=O)O. The lowest BCUT2D eigenvalue weighted by molar-refractivity contribution is -0.143. The Hall–Kier alpha value is -4.11. The van der Waals surface area contributed by atoms with Crippen LogP contribution in [-0.4, -0.2) is 91.1 Å². The molecule has 14 nitrogen and oxygen atoms in total. The van der Waals surface area contributed by atoms with Gasteiger partial charge in [-0.2, -0.15) is 11.8 Å². The van der Waals surface area contributed by atoms with E-state index in [0.29, 0.717) is 23.4 Å². The van der Waals surface area contributed by atoms with Crippen LogP contribution in [0, 0.1) is 0 Å². The number of phenols is 1. The summed E-state index contributed by atoms with van der Waals surface area (Å²) in [5, 5.41) is 35.5. The average molecular weight is 565 g/mol. The van der Waals surface area contributed by atoms with Crippen LogP contribution in [0.3, 0.4) is 0 Å². The van der Waals surface area contributed by atoms with Crippen molar-refractivity contribution in [2.24, 2.45) is 5.73 Å². The minimum Gasteiger partial charge on any atom is -0.508 e. The van der Waals surface area contributed by atoms with E-state index in [-0.39, 0.29) is 18.6 Å². The third-order valence-corrected chi connectivity index (χ3v) is 6.23. The molecule has 4 atom stereocenters. The van der Waals surface area contributed by atoms with Crippen molar-refractivity contribution in [3.63, 3.8) is 0 Å². The van der Waals surface area contributed by atoms with Crippen molar-refractivity contribution in [1.82, 2.24) is 25.9 Å². The van der Waals surface area contributed by atoms with E-state index in [4.69, 9.17) is 5.73 Å². The molecule has 0 spiro atoms. The fourth-order valence-corrected chi connectivity index (χ4v) is 3.97. The Bertz CT molecular complexity index is 1130. The third-order valence-electron chi connectivity index (χ3n) is 5.58. The molecule has 1 aromatic carbocycles. The van der Waals surface area contributed by atoms with Gasteiger partial charge in [-0.25, -0.2) is 9.78 Å². The van der Waals surface area contributed by atoms with Crippen molar-refractivity contribution in [1.29, 1.82) is 0 Å². The zero-order chi connectivity index (χ0) is 28.9. The number of carbonyl (C=O) groups excluding carboxylic acids is 3. The van der Waals surface area contributed by atoms with Crippen LogP contribution in [0.15, 0.2) is 36.8 Å². The maximum absolute atomic E-state index is 13.2. The Labute approximate surface area is 228 Å². The number of aromatic amines is 1. The molecule has 0 aliphatic rings. The van der Waals surface area contributed by atoms with Gasteiger partial charge in [0.1, 0.15) is 23.9 Å². The third kappa shape index (κ3) is 10.6. The van der Waals surface area contributed by atoms with Gasteiger partial charge in [-0.15, -0.1) is 0 Å². The summed E-state index contributed by atoms with van der Waals surface area (Å²) < 4.78 is 0. The van der Waals surface area contributed by atoms with Crippen LogP contribution in [0.5, 0.6) is 5.75 Å². The predicted octanol–water partition coefficient (Wildman–Crippen LogP) is -1.01. The molecule has 0 aliphatic carbocycles. The molecule has 0 saturated carbocycles. The second-order valence-corrected chi connectivity index (χ2v) is 9.64. The first-order chi connectivity index (χ1) is 18.5. The molecular formula is C24H32N6O8S. The van der Waals surface area contributed by atoms with Gasteiger partial charge in [0.15, 0.2) is 0 Å². The van der Waals surface area contributed by atoms with Crippen molar-refractivity contribution in [2.75, 3.05) is 12.0 Å². The van der Waals surface area contributed by atoms with Crippen molar-refractivity contribution in [3.8, 4) is 5.75 Å². The molecule has 2 rings (SSSR count). The normalized spacial score (nSPS) is 13.9. The average Bonchev–Trinajstić information content (AvgIpc) is 3.40. The molecule has 2 aromatic rings. The summed E-state index contributed by atoms with van der Waals surface area (Å²) in [6, 6.07) is 0.517. The Kier molecular flexibility index (Phi) is 12.2. The lowest BCUT2D eigenvalue weighted by Crippen LogP contribution is -2.58. The van der Waals surface area contributed by atoms with Crippen LogP contribution in [0.1, 0.15) is 24.1 Å². The number of thioether (sulfide) groups is 1. The van der Waals surface area contributed by atoms with Crippen molar-refractivity contribution in [3.05, 3.63) is 48.0 Å². The molecule has 0 aliphatic heterocycles. The first kappa shape index (κ1) is 31.1. The summed E-state index contributed by atoms with van der Waals surface area (Å²) in [5.74, 6) is -4.69. The van der Waals surface area contributed by atoms with Gasteiger partial charge in [-0.05, 0) is 36.1 Å². The smallest absolute Gasteiger partial charge is 0.326 e. The molecule has 0 saturated heterocycles. The van der Waals surface area contributed by atoms with Gasteiger partial charge in [0.05, 0.1) is 18.8 Å². The van der Waals surface area contributed by atoms with E-state index in [1.165, 1.54) is 48.6 Å². The number of amides is 3. The number of aromatic hydroxyl groups is 1. The van der Waals surface area contributed by atoms with Crippen molar-refractivity contribution >= 4 is 41.4 Å². The van der Waals surface area contributed by atoms with Crippen LogP contribution in [0.25, 0.3) is 0 Å². The van der Waals surface area contributed by atoms with Crippen LogP contribution < -0.4 is 21.7 Å². The van der Waals surface area contributed by atoms with E-state index in [1.807, 2.05) is 6.26 Å². The summed E-state index contributed by atoms with van der Waals surface area (Å²) in [5.41, 5.74) is 6.78. The highest BCUT2D eigenvalue weighted by atomic mass is 32.2. The highest BCUT2D eigenvalue weighted by Crippen LogP contribution is 2.12. The molecule has 0 fully saturated rings. The molecule has 4 unspecified atom stereocenters. The Morgan fingerprint density at radius 3 is 2.13 bits per heavy atom. The van der Waals surface area contributed by atoms with Crippen LogP contribution >= 0.6 is 11.8 Å². The summed E-state index contributed by atoms with van der Waals surface area (Å²) in [6.45, 7) is 0. The van der Waals surface area contributed by atoms with E-state index >= 15 is 0 Å². The predicted molar refractivity (Wildman–Crippen MR) is 141 cm³/mol. The van der Waals surface area contributed by atoms with Crippen LogP contribution in [-0.2, 0) is 36.8 Å². The highest BCUT2D eigenvalue weighted by Gasteiger charge is 2.32. The number of aliphatic carboxylic acids is 2. The lowest BCUT2D eigenvalue weighted by Gasteiger charge is -2.24. The number of rotatable bonds is 16. The van der Waals surface area contributed by atoms with Gasteiger partial charge in [0, 0.05) is 24.7 Å². The number of benzene rings is 1. The van der Waals surface area contributed by atoms with Crippen molar-refractivity contribution in [2.45, 2.75) is 49.9 Å². The minimum absolute atomic E-state index is 0.00907. The number of imidazole rings is 1. The number of nitrogens with two attached hydrogens (primary N) is 1. The van der Waals surface area contributed by atoms with Gasteiger partial charge >= 0.3 is 11.9 Å². The maximum atomic E-state index is 13.2. The lowest BCUT2D eigenvalue weighted by atomic mass is 10.0. The fraction of sp³-hybridized carbons (Fsp3) is 0.417. The summed E-state index contributed by atoms with van der Waals surface area (Å²) in [4.78, 5) is 68.6. The van der Waals surface area contributed by atoms with E-state index in [9.17, 15) is 39.3 Å². The molecule has 1 aromatic heterocycles. The number of hydrogen-bond donors (Lipinski definition) is 8. The van der Waals surface area contributed by atoms with Crippen molar-refractivity contribution < 1.29 is 39.3 Å². The van der Waals surface area contributed by atoms with Crippen LogP contribution in [0.2, 0.25) is 0 Å². The number of hydrogen-bond acceptors (Lipinski definition) is 9. The zero-order valence-electron chi connectivity index (χ0n) is 21.1. The Morgan fingerprint density at radius 1 is 0.949 bits per heavy atom. The molecule has 0 bridgehead atoms. The zero-order valence-corrected chi connectivity index (χ0v) is 21.9. The Morgan fingerprint density at radius 2 is 1.56 bits per heavy atom. The maximum Gasteiger partial charge on any atom is 0.326 e. The first-order valence-corrected chi connectivity index (χ1v) is 13.2. The number of carboxylic acids is 2. The molecule has 9 N–H and O–H groups in total. The number of nitrogens with one attached hydrogen (secondary N) is 4. The molecule has 1 heterocycles. The molecule has 15 heteroatoms. The van der Waals surface area contributed by atoms with Gasteiger partial charge in [0.2, 0.25) is 17.7 Å². The van der Waals surface area contributed by atoms with E-state index in [2.05, 4.69) is 25.9 Å². The standard InChI is InChI=1S/C24H32N6O8S/c1-39-7-6-16(25)21(34)28-18(10-20(32)33)23(36)29-17(9-14-11-26-12-27-14)22(35)30-19(24(37)38)8-13-2-4-15(31)5-3-13/h2-5,11-12,16-19,31H,6-10,25H2,1H3,(H,26,27)(H,28,34)(H,29,36)(H,30,35)(H,32,33)(H,37,38). The molecule has 3 amide bonds. The number of carbonyl (C=O) groups is 5. The molecule has 0 radical (unpaired) electrons. The summed E-state index contributed by atoms with van der Waals surface area (Å²) in [7, 11) is 0. The quantitative estimate of drug-likeness (QED) is 0.123. The number of phenolic OH excluding ortho intramolecular Hbond substituents is 1. The van der Waals surface area contributed by atoms with Gasteiger partial charge in [0.25, 0.3) is 0 Å². The molecular weight excluding hydrogens is 532 g/mol. The van der Waals surface area contributed by atoms with E-state index in [1.54, 1.807) is 0 Å². The molecule has 212 valence electrons. The number of H-pyrrole nitrogens is 1. The molecule has 39 heavy (non-hydrogen) atoms. The van der Waals surface area contributed by atoms with E-state index < -0.39 is 60.2 Å². The highest BCUT2D eigenvalue weighted by molar-refractivity contribution is 7.98. The second kappa shape index (κ2) is 15.3. The summed E-state index contributed by atoms with van der Waals surface area (Å²) in [6.07, 6.45) is 3.86. The fourth-order valence-electron chi connectivity index (χ4n) is 3.48. The number of carboxylic acid groups (broad SMARTS) is 2. The van der Waals surface area contributed by atoms with Gasteiger partial charge < -0.3 is 42.0 Å². The second-order valence-electron chi connectivity index (χ2n) is 8.66. The van der Waals surface area contributed by atoms with Crippen LogP contribution in [0.4, 0.5) is 0 Å². The minimum atomic E-state index is -1.54. The topological polar surface area (TPSA) is 237 Å². The largest absolute Gasteiger partial charge is 0.508 e. The number of aromatic nitrogens is 2. The summed E-state index contributed by atoms with van der Waals surface area (Å²) >= 11 is 1.47. The van der Waals surface area contributed by atoms with Gasteiger partial charge in [-0.3, -0.25) is 19.2 Å². The number of nitrogens with zero attached hydrogens (tertiary/aromatic N) is 1. The first-order valence-electron chi connectivity index (χ1n) is 11.9.